The summed E-state index contributed by atoms with van der Waals surface area (Å²) in [5.74, 6) is 0.314. The molecule has 0 aliphatic heterocycles. The average molecular weight is 241 g/mol. The Morgan fingerprint density at radius 3 is 2.94 bits per heavy atom. The fraction of sp³-hybridized carbons (Fsp3) is 0.600. The standard InChI is InChI=1S/C10H15N3O2S/c1-13(4-6-2-7(14)3-6)9(15)8-5-16-10(11)12-8/h5-7,14H,2-4H2,1H3,(H2,11,12). The molecule has 0 atom stereocenters. The first-order valence-electron chi connectivity index (χ1n) is 5.21. The van der Waals surface area contributed by atoms with Crippen LogP contribution in [-0.2, 0) is 0 Å². The summed E-state index contributed by atoms with van der Waals surface area (Å²) in [7, 11) is 1.75. The second-order valence-electron chi connectivity index (χ2n) is 4.25. The largest absolute Gasteiger partial charge is 0.393 e. The Hall–Kier alpha value is -1.14. The van der Waals surface area contributed by atoms with E-state index in [1.54, 1.807) is 17.3 Å². The number of amides is 1. The van der Waals surface area contributed by atoms with Gasteiger partial charge in [-0.3, -0.25) is 4.79 Å². The van der Waals surface area contributed by atoms with Crippen LogP contribution in [0.15, 0.2) is 5.38 Å². The van der Waals surface area contributed by atoms with Crippen molar-refractivity contribution in [1.29, 1.82) is 0 Å². The molecule has 1 aromatic heterocycles. The number of hydrogen-bond acceptors (Lipinski definition) is 5. The summed E-state index contributed by atoms with van der Waals surface area (Å²) in [6.45, 7) is 0.674. The predicted molar refractivity (Wildman–Crippen MR) is 62.2 cm³/mol. The van der Waals surface area contributed by atoms with Crippen LogP contribution in [0.4, 0.5) is 5.13 Å². The molecule has 0 saturated heterocycles. The lowest BCUT2D eigenvalue weighted by atomic mass is 9.82. The molecule has 16 heavy (non-hydrogen) atoms. The SMILES string of the molecule is CN(CC1CC(O)C1)C(=O)c1csc(N)n1. The van der Waals surface area contributed by atoms with E-state index in [1.807, 2.05) is 0 Å². The Balaban J connectivity index is 1.89. The van der Waals surface area contributed by atoms with E-state index >= 15 is 0 Å². The summed E-state index contributed by atoms with van der Waals surface area (Å²) in [6, 6.07) is 0. The van der Waals surface area contributed by atoms with Crippen molar-refractivity contribution < 1.29 is 9.90 Å². The van der Waals surface area contributed by atoms with Gasteiger partial charge in [0.2, 0.25) is 0 Å². The van der Waals surface area contributed by atoms with E-state index in [0.717, 1.165) is 12.8 Å². The lowest BCUT2D eigenvalue weighted by molar-refractivity contribution is 0.0264. The van der Waals surface area contributed by atoms with Crippen LogP contribution in [0.25, 0.3) is 0 Å². The average Bonchev–Trinajstić information content (AvgIpc) is 2.61. The molecule has 0 spiro atoms. The lowest BCUT2D eigenvalue weighted by Crippen LogP contribution is -2.39. The summed E-state index contributed by atoms with van der Waals surface area (Å²) in [4.78, 5) is 17.5. The monoisotopic (exact) mass is 241 g/mol. The van der Waals surface area contributed by atoms with Gasteiger partial charge in [-0.1, -0.05) is 0 Å². The van der Waals surface area contributed by atoms with Gasteiger partial charge in [-0.15, -0.1) is 11.3 Å². The van der Waals surface area contributed by atoms with Gasteiger partial charge >= 0.3 is 0 Å². The summed E-state index contributed by atoms with van der Waals surface area (Å²) in [5, 5.41) is 11.2. The third kappa shape index (κ3) is 2.33. The molecule has 6 heteroatoms. The second-order valence-corrected chi connectivity index (χ2v) is 5.14. The Bertz CT molecular complexity index is 387. The summed E-state index contributed by atoms with van der Waals surface area (Å²) >= 11 is 1.27. The van der Waals surface area contributed by atoms with Crippen molar-refractivity contribution in [3.05, 3.63) is 11.1 Å². The molecule has 1 saturated carbocycles. The minimum absolute atomic E-state index is 0.102. The van der Waals surface area contributed by atoms with E-state index in [9.17, 15) is 4.79 Å². The zero-order chi connectivity index (χ0) is 11.7. The molecular weight excluding hydrogens is 226 g/mol. The maximum atomic E-state index is 11.9. The number of nitrogens with zero attached hydrogens (tertiary/aromatic N) is 2. The van der Waals surface area contributed by atoms with E-state index in [4.69, 9.17) is 10.8 Å². The smallest absolute Gasteiger partial charge is 0.273 e. The summed E-state index contributed by atoms with van der Waals surface area (Å²) < 4.78 is 0. The van der Waals surface area contributed by atoms with Crippen molar-refractivity contribution in [3.63, 3.8) is 0 Å². The van der Waals surface area contributed by atoms with Gasteiger partial charge < -0.3 is 15.7 Å². The number of hydrogen-bond donors (Lipinski definition) is 2. The highest BCUT2D eigenvalue weighted by molar-refractivity contribution is 7.13. The fourth-order valence-corrected chi connectivity index (χ4v) is 2.44. The van der Waals surface area contributed by atoms with Gasteiger partial charge in [-0.05, 0) is 18.8 Å². The van der Waals surface area contributed by atoms with Gasteiger partial charge in [0.15, 0.2) is 5.13 Å². The number of nitrogens with two attached hydrogens (primary N) is 1. The number of anilines is 1. The predicted octanol–water partition coefficient (Wildman–Crippen LogP) is 0.568. The van der Waals surface area contributed by atoms with Gasteiger partial charge in [0.25, 0.3) is 5.91 Å². The van der Waals surface area contributed by atoms with E-state index in [2.05, 4.69) is 4.98 Å². The van der Waals surface area contributed by atoms with Crippen LogP contribution in [0.2, 0.25) is 0 Å². The van der Waals surface area contributed by atoms with Gasteiger partial charge in [-0.2, -0.15) is 0 Å². The Labute approximate surface area is 97.9 Å². The third-order valence-electron chi connectivity index (χ3n) is 2.83. The van der Waals surface area contributed by atoms with Crippen LogP contribution >= 0.6 is 11.3 Å². The highest BCUT2D eigenvalue weighted by atomic mass is 32.1. The number of thiazole rings is 1. The molecule has 0 unspecified atom stereocenters. The first kappa shape index (κ1) is 11.3. The van der Waals surface area contributed by atoms with E-state index < -0.39 is 0 Å². The zero-order valence-electron chi connectivity index (χ0n) is 9.09. The molecule has 1 aliphatic rings. The quantitative estimate of drug-likeness (QED) is 0.810. The number of rotatable bonds is 3. The van der Waals surface area contributed by atoms with E-state index in [1.165, 1.54) is 11.3 Å². The summed E-state index contributed by atoms with van der Waals surface area (Å²) in [5.41, 5.74) is 5.88. The molecule has 0 aromatic carbocycles. The van der Waals surface area contributed by atoms with Crippen LogP contribution in [0.3, 0.4) is 0 Å². The minimum atomic E-state index is -0.177. The maximum Gasteiger partial charge on any atom is 0.273 e. The van der Waals surface area contributed by atoms with E-state index in [-0.39, 0.29) is 12.0 Å². The van der Waals surface area contributed by atoms with Crippen molar-refractivity contribution >= 4 is 22.4 Å². The van der Waals surface area contributed by atoms with Crippen molar-refractivity contribution in [2.24, 2.45) is 5.92 Å². The Morgan fingerprint density at radius 2 is 2.44 bits per heavy atom. The molecule has 2 rings (SSSR count). The fourth-order valence-electron chi connectivity index (χ4n) is 1.90. The van der Waals surface area contributed by atoms with Crippen LogP contribution in [-0.4, -0.2) is 40.6 Å². The number of carbonyl (C=O) groups excluding carboxylic acids is 1. The lowest BCUT2D eigenvalue weighted by Gasteiger charge is -2.34. The molecule has 1 aromatic rings. The molecule has 0 radical (unpaired) electrons. The minimum Gasteiger partial charge on any atom is -0.393 e. The first-order chi connectivity index (χ1) is 7.56. The molecule has 5 nitrogen and oxygen atoms in total. The maximum absolute atomic E-state index is 11.9. The van der Waals surface area contributed by atoms with E-state index in [0.29, 0.717) is 23.3 Å². The van der Waals surface area contributed by atoms with Crippen molar-refractivity contribution in [2.45, 2.75) is 18.9 Å². The van der Waals surface area contributed by atoms with Crippen LogP contribution < -0.4 is 5.73 Å². The van der Waals surface area contributed by atoms with Crippen molar-refractivity contribution in [1.82, 2.24) is 9.88 Å². The van der Waals surface area contributed by atoms with Gasteiger partial charge in [0, 0.05) is 19.0 Å². The van der Waals surface area contributed by atoms with Crippen molar-refractivity contribution in [2.75, 3.05) is 19.3 Å². The topological polar surface area (TPSA) is 79.5 Å². The van der Waals surface area contributed by atoms with Crippen LogP contribution in [0, 0.1) is 5.92 Å². The number of aliphatic hydroxyl groups excluding tert-OH is 1. The number of aromatic nitrogens is 1. The van der Waals surface area contributed by atoms with Crippen LogP contribution in [0.1, 0.15) is 23.3 Å². The van der Waals surface area contributed by atoms with Gasteiger partial charge in [-0.25, -0.2) is 4.98 Å². The molecular formula is C10H15N3O2S. The molecule has 1 amide bonds. The number of nitrogen functional groups attached to an aromatic ring is 1. The zero-order valence-corrected chi connectivity index (χ0v) is 9.91. The number of aliphatic hydroxyl groups is 1. The highest BCUT2D eigenvalue weighted by Crippen LogP contribution is 2.28. The third-order valence-corrected chi connectivity index (χ3v) is 3.50. The Kier molecular flexibility index (Phi) is 3.11. The highest BCUT2D eigenvalue weighted by Gasteiger charge is 2.29. The molecule has 1 aliphatic carbocycles. The normalized spacial score (nSPS) is 23.9. The molecule has 3 N–H and O–H groups in total. The van der Waals surface area contributed by atoms with Gasteiger partial charge in [0.1, 0.15) is 5.69 Å². The van der Waals surface area contributed by atoms with Crippen molar-refractivity contribution in [3.8, 4) is 0 Å². The van der Waals surface area contributed by atoms with Crippen LogP contribution in [0.5, 0.6) is 0 Å². The molecule has 88 valence electrons. The summed E-state index contributed by atoms with van der Waals surface area (Å²) in [6.07, 6.45) is 1.40. The molecule has 1 fully saturated rings. The molecule has 0 bridgehead atoms. The Morgan fingerprint density at radius 1 is 1.75 bits per heavy atom. The first-order valence-corrected chi connectivity index (χ1v) is 6.08. The molecule has 1 heterocycles. The number of carbonyl (C=O) groups is 1. The van der Waals surface area contributed by atoms with Gasteiger partial charge in [0.05, 0.1) is 6.10 Å². The second kappa shape index (κ2) is 4.39.